The first-order valence-electron chi connectivity index (χ1n) is 10.4. The fraction of sp³-hybridized carbons (Fsp3) is 0.458. The largest absolute Gasteiger partial charge is 0.464 e. The van der Waals surface area contributed by atoms with Gasteiger partial charge in [-0.15, -0.1) is 13.2 Å². The molecule has 2 atom stereocenters. The Morgan fingerprint density at radius 2 is 1.74 bits per heavy atom. The van der Waals surface area contributed by atoms with Crippen LogP contribution in [0.15, 0.2) is 55.6 Å². The van der Waals surface area contributed by atoms with Crippen LogP contribution in [0.2, 0.25) is 0 Å². The number of allylic oxidation sites excluding steroid dienone is 1. The molecule has 0 saturated carbocycles. The molecule has 7 nitrogen and oxygen atoms in total. The molecule has 170 valence electrons. The van der Waals surface area contributed by atoms with Gasteiger partial charge in [0.1, 0.15) is 11.6 Å². The average molecular weight is 431 g/mol. The van der Waals surface area contributed by atoms with Crippen molar-refractivity contribution in [2.75, 3.05) is 6.61 Å². The molecule has 0 saturated heterocycles. The number of alkyl carbamates (subject to hydrolysis) is 1. The number of nitrogens with one attached hydrogen (secondary N) is 2. The normalized spacial score (nSPS) is 12.7. The summed E-state index contributed by atoms with van der Waals surface area (Å²) in [5, 5.41) is 5.48. The lowest BCUT2D eigenvalue weighted by molar-refractivity contribution is -0.146. The zero-order chi connectivity index (χ0) is 23.3. The number of carbonyl (C=O) groups excluding carboxylic acids is 3. The number of benzene rings is 1. The lowest BCUT2D eigenvalue weighted by Gasteiger charge is -2.23. The van der Waals surface area contributed by atoms with Crippen LogP contribution in [-0.4, -0.2) is 36.2 Å². The van der Waals surface area contributed by atoms with E-state index in [0.29, 0.717) is 19.3 Å². The van der Waals surface area contributed by atoms with E-state index in [0.717, 1.165) is 5.56 Å². The van der Waals surface area contributed by atoms with Crippen molar-refractivity contribution < 1.29 is 23.9 Å². The third-order valence-electron chi connectivity index (χ3n) is 4.14. The van der Waals surface area contributed by atoms with E-state index in [1.165, 1.54) is 6.08 Å². The van der Waals surface area contributed by atoms with Gasteiger partial charge in [0.15, 0.2) is 0 Å². The number of carbonyl (C=O) groups is 3. The molecule has 2 amide bonds. The molecule has 0 aromatic heterocycles. The third-order valence-corrected chi connectivity index (χ3v) is 4.14. The molecule has 31 heavy (non-hydrogen) atoms. The van der Waals surface area contributed by atoms with Crippen molar-refractivity contribution in [3.8, 4) is 0 Å². The van der Waals surface area contributed by atoms with Gasteiger partial charge in [0.2, 0.25) is 5.91 Å². The Kier molecular flexibility index (Phi) is 11.1. The topological polar surface area (TPSA) is 93.7 Å². The van der Waals surface area contributed by atoms with E-state index >= 15 is 0 Å². The second-order valence-electron chi connectivity index (χ2n) is 8.04. The summed E-state index contributed by atoms with van der Waals surface area (Å²) in [6, 6.07) is 8.27. The Labute approximate surface area is 184 Å². The fourth-order valence-corrected chi connectivity index (χ4v) is 2.72. The van der Waals surface area contributed by atoms with E-state index in [1.807, 2.05) is 30.3 Å². The standard InChI is InChI=1S/C24H34N2O5/c1-6-8-15-21(27)25-19(18-13-10-9-11-14-18)16-17-30-22(28)20(12-7-2)26-23(29)31-24(3,4)5/h6-7,9-11,13-14,19-20H,1-2,8,12,15-17H2,3-5H3,(H,25,27)(H,26,29)/t19-,20+/m0/s1. The van der Waals surface area contributed by atoms with Gasteiger partial charge < -0.3 is 20.1 Å². The Morgan fingerprint density at radius 3 is 2.32 bits per heavy atom. The third kappa shape index (κ3) is 11.0. The second kappa shape index (κ2) is 13.3. The first-order valence-corrected chi connectivity index (χ1v) is 10.4. The Hall–Kier alpha value is -3.09. The van der Waals surface area contributed by atoms with Crippen LogP contribution < -0.4 is 10.6 Å². The van der Waals surface area contributed by atoms with Crippen LogP contribution >= 0.6 is 0 Å². The van der Waals surface area contributed by atoms with Crippen LogP contribution in [0.5, 0.6) is 0 Å². The number of rotatable bonds is 12. The SMILES string of the molecule is C=CCCC(=O)N[C@@H](CCOC(=O)[C@@H](CC=C)NC(=O)OC(C)(C)C)c1ccccc1. The van der Waals surface area contributed by atoms with Crippen molar-refractivity contribution in [2.45, 2.75) is 64.1 Å². The summed E-state index contributed by atoms with van der Waals surface area (Å²) in [5.74, 6) is -0.688. The molecule has 1 aromatic carbocycles. The summed E-state index contributed by atoms with van der Waals surface area (Å²) >= 11 is 0. The molecule has 0 aliphatic rings. The van der Waals surface area contributed by atoms with E-state index in [-0.39, 0.29) is 25.0 Å². The highest BCUT2D eigenvalue weighted by molar-refractivity contribution is 5.81. The summed E-state index contributed by atoms with van der Waals surface area (Å²) in [6.45, 7) is 12.5. The molecular weight excluding hydrogens is 396 g/mol. The number of ether oxygens (including phenoxy) is 2. The van der Waals surface area contributed by atoms with Crippen molar-refractivity contribution in [2.24, 2.45) is 0 Å². The predicted octanol–water partition coefficient (Wildman–Crippen LogP) is 4.21. The number of amides is 2. The minimum atomic E-state index is -0.898. The van der Waals surface area contributed by atoms with Gasteiger partial charge in [0.05, 0.1) is 12.6 Å². The summed E-state index contributed by atoms with van der Waals surface area (Å²) in [5.41, 5.74) is 0.236. The highest BCUT2D eigenvalue weighted by Gasteiger charge is 2.25. The van der Waals surface area contributed by atoms with Gasteiger partial charge in [-0.2, -0.15) is 0 Å². The van der Waals surface area contributed by atoms with Gasteiger partial charge in [-0.3, -0.25) is 4.79 Å². The van der Waals surface area contributed by atoms with Crippen molar-refractivity contribution in [3.05, 3.63) is 61.2 Å². The van der Waals surface area contributed by atoms with Crippen molar-refractivity contribution >= 4 is 18.0 Å². The van der Waals surface area contributed by atoms with Crippen LogP contribution in [0.3, 0.4) is 0 Å². The summed E-state index contributed by atoms with van der Waals surface area (Å²) < 4.78 is 10.6. The van der Waals surface area contributed by atoms with E-state index in [2.05, 4.69) is 23.8 Å². The number of hydrogen-bond donors (Lipinski definition) is 2. The Morgan fingerprint density at radius 1 is 1.06 bits per heavy atom. The zero-order valence-electron chi connectivity index (χ0n) is 18.7. The Balaban J connectivity index is 2.68. The van der Waals surface area contributed by atoms with Crippen LogP contribution in [0.25, 0.3) is 0 Å². The molecule has 0 spiro atoms. The maximum absolute atomic E-state index is 12.5. The first-order chi connectivity index (χ1) is 14.7. The lowest BCUT2D eigenvalue weighted by atomic mass is 10.0. The van der Waals surface area contributed by atoms with E-state index in [1.54, 1.807) is 26.8 Å². The van der Waals surface area contributed by atoms with Gasteiger partial charge in [-0.05, 0) is 39.2 Å². The molecule has 0 unspecified atom stereocenters. The highest BCUT2D eigenvalue weighted by atomic mass is 16.6. The molecule has 7 heteroatoms. The van der Waals surface area contributed by atoms with Crippen LogP contribution in [0.4, 0.5) is 4.79 Å². The number of hydrogen-bond acceptors (Lipinski definition) is 5. The molecule has 0 fully saturated rings. The lowest BCUT2D eigenvalue weighted by Crippen LogP contribution is -2.44. The quantitative estimate of drug-likeness (QED) is 0.383. The van der Waals surface area contributed by atoms with Crippen LogP contribution in [0.1, 0.15) is 58.1 Å². The molecule has 0 aliphatic heterocycles. The molecular formula is C24H34N2O5. The summed E-state index contributed by atoms with van der Waals surface area (Å²) in [6.07, 6.45) is 4.04. The molecule has 1 rings (SSSR count). The Bertz CT molecular complexity index is 740. The van der Waals surface area contributed by atoms with E-state index in [4.69, 9.17) is 9.47 Å². The minimum absolute atomic E-state index is 0.0732. The molecule has 2 N–H and O–H groups in total. The molecule has 0 radical (unpaired) electrons. The molecule has 1 aromatic rings. The van der Waals surface area contributed by atoms with Gasteiger partial charge >= 0.3 is 12.1 Å². The summed E-state index contributed by atoms with van der Waals surface area (Å²) in [7, 11) is 0. The van der Waals surface area contributed by atoms with Gasteiger partial charge in [0, 0.05) is 12.8 Å². The van der Waals surface area contributed by atoms with Gasteiger partial charge in [-0.1, -0.05) is 42.5 Å². The minimum Gasteiger partial charge on any atom is -0.464 e. The highest BCUT2D eigenvalue weighted by Crippen LogP contribution is 2.17. The van der Waals surface area contributed by atoms with Crippen LogP contribution in [-0.2, 0) is 19.1 Å². The van der Waals surface area contributed by atoms with Gasteiger partial charge in [0.25, 0.3) is 0 Å². The predicted molar refractivity (Wildman–Crippen MR) is 120 cm³/mol. The molecule has 0 heterocycles. The summed E-state index contributed by atoms with van der Waals surface area (Å²) in [4.78, 5) is 36.6. The molecule has 0 bridgehead atoms. The van der Waals surface area contributed by atoms with E-state index in [9.17, 15) is 14.4 Å². The maximum atomic E-state index is 12.5. The monoisotopic (exact) mass is 430 g/mol. The maximum Gasteiger partial charge on any atom is 0.408 e. The number of esters is 1. The zero-order valence-corrected chi connectivity index (χ0v) is 18.7. The molecule has 0 aliphatic carbocycles. The van der Waals surface area contributed by atoms with Crippen molar-refractivity contribution in [1.29, 1.82) is 0 Å². The van der Waals surface area contributed by atoms with Crippen molar-refractivity contribution in [3.63, 3.8) is 0 Å². The van der Waals surface area contributed by atoms with Gasteiger partial charge in [-0.25, -0.2) is 9.59 Å². The van der Waals surface area contributed by atoms with Crippen LogP contribution in [0, 0.1) is 0 Å². The smallest absolute Gasteiger partial charge is 0.408 e. The average Bonchev–Trinajstić information content (AvgIpc) is 2.70. The van der Waals surface area contributed by atoms with E-state index < -0.39 is 23.7 Å². The fourth-order valence-electron chi connectivity index (χ4n) is 2.72. The van der Waals surface area contributed by atoms with Crippen molar-refractivity contribution in [1.82, 2.24) is 10.6 Å². The first kappa shape index (κ1) is 25.9. The second-order valence-corrected chi connectivity index (χ2v) is 8.04.